The van der Waals surface area contributed by atoms with Crippen LogP contribution in [0.15, 0.2) is 18.2 Å². The zero-order valence-electron chi connectivity index (χ0n) is 8.93. The average molecular weight is 251 g/mol. The lowest BCUT2D eigenvalue weighted by molar-refractivity contribution is -0.130. The lowest BCUT2D eigenvalue weighted by Crippen LogP contribution is -2.61. The molecule has 0 spiro atoms. The number of phenols is 2. The number of rotatable bonds is 2. The molecule has 0 aliphatic carbocycles. The number of carbonyl (C=O) groups excluding carboxylic acids is 3. The van der Waals surface area contributed by atoms with Crippen LogP contribution < -0.4 is 16.0 Å². The minimum absolute atomic E-state index is 0.0810. The third kappa shape index (κ3) is 2.17. The maximum atomic E-state index is 11.4. The van der Waals surface area contributed by atoms with Crippen LogP contribution in [0.25, 0.3) is 0 Å². The Bertz CT molecular complexity index is 522. The Balaban J connectivity index is 2.20. The summed E-state index contributed by atoms with van der Waals surface area (Å²) in [6.07, 6.45) is 0. The summed E-state index contributed by atoms with van der Waals surface area (Å²) in [4.78, 5) is 33.6. The van der Waals surface area contributed by atoms with Crippen molar-refractivity contribution in [1.29, 1.82) is 0 Å². The van der Waals surface area contributed by atoms with Gasteiger partial charge in [-0.1, -0.05) is 0 Å². The molecule has 0 bridgehead atoms. The fourth-order valence-electron chi connectivity index (χ4n) is 1.45. The van der Waals surface area contributed by atoms with Gasteiger partial charge in [0.2, 0.25) is 0 Å². The summed E-state index contributed by atoms with van der Waals surface area (Å²) in [7, 11) is 0. The number of anilines is 1. The molecule has 4 amide bonds. The molecule has 0 atom stereocenters. The van der Waals surface area contributed by atoms with E-state index in [9.17, 15) is 19.5 Å². The molecule has 2 rings (SSSR count). The molecule has 1 aliphatic heterocycles. The maximum absolute atomic E-state index is 11.4. The van der Waals surface area contributed by atoms with E-state index in [1.54, 1.807) is 0 Å². The van der Waals surface area contributed by atoms with E-state index in [1.165, 1.54) is 12.1 Å². The number of aromatic hydroxyl groups is 2. The van der Waals surface area contributed by atoms with Crippen LogP contribution in [0.4, 0.5) is 10.5 Å². The van der Waals surface area contributed by atoms with Crippen LogP contribution in [-0.4, -0.2) is 34.1 Å². The number of barbiturate groups is 1. The first kappa shape index (κ1) is 11.7. The van der Waals surface area contributed by atoms with Crippen molar-refractivity contribution in [2.75, 3.05) is 5.32 Å². The van der Waals surface area contributed by atoms with Gasteiger partial charge in [-0.15, -0.1) is 0 Å². The van der Waals surface area contributed by atoms with Gasteiger partial charge in [0, 0.05) is 6.07 Å². The number of carbonyl (C=O) groups is 3. The van der Waals surface area contributed by atoms with Crippen LogP contribution in [-0.2, 0) is 9.59 Å². The standard InChI is InChI=1S/C10H9N3O5/c14-4-1-2-5(6(15)3-4)11-7-8(16)12-10(18)13-9(7)17/h1-3,7,11,14-15H,(H2,12,13,16,17,18). The van der Waals surface area contributed by atoms with Crippen molar-refractivity contribution < 1.29 is 24.6 Å². The van der Waals surface area contributed by atoms with Crippen LogP contribution in [0.5, 0.6) is 11.5 Å². The average Bonchev–Trinajstić information content (AvgIpc) is 2.25. The summed E-state index contributed by atoms with van der Waals surface area (Å²) >= 11 is 0. The molecule has 1 heterocycles. The lowest BCUT2D eigenvalue weighted by Gasteiger charge is -2.22. The molecule has 18 heavy (non-hydrogen) atoms. The van der Waals surface area contributed by atoms with E-state index < -0.39 is 23.9 Å². The van der Waals surface area contributed by atoms with Crippen LogP contribution in [0.3, 0.4) is 0 Å². The number of hydrogen-bond donors (Lipinski definition) is 5. The molecule has 1 saturated heterocycles. The minimum atomic E-state index is -1.34. The Kier molecular flexibility index (Phi) is 2.76. The van der Waals surface area contributed by atoms with E-state index >= 15 is 0 Å². The molecule has 1 aromatic rings. The predicted octanol–water partition coefficient (Wildman–Crippen LogP) is -0.756. The van der Waals surface area contributed by atoms with Gasteiger partial charge in [-0.05, 0) is 12.1 Å². The summed E-state index contributed by atoms with van der Waals surface area (Å²) in [6, 6.07) is 1.38. The highest BCUT2D eigenvalue weighted by atomic mass is 16.3. The highest BCUT2D eigenvalue weighted by molar-refractivity contribution is 6.20. The molecule has 0 saturated carbocycles. The van der Waals surface area contributed by atoms with Gasteiger partial charge in [-0.25, -0.2) is 4.79 Å². The monoisotopic (exact) mass is 251 g/mol. The summed E-state index contributed by atoms with van der Waals surface area (Å²) < 4.78 is 0. The van der Waals surface area contributed by atoms with Gasteiger partial charge in [0.05, 0.1) is 5.69 Å². The highest BCUT2D eigenvalue weighted by Crippen LogP contribution is 2.27. The zero-order valence-corrected chi connectivity index (χ0v) is 8.93. The van der Waals surface area contributed by atoms with Crippen LogP contribution in [0.2, 0.25) is 0 Å². The van der Waals surface area contributed by atoms with E-state index in [-0.39, 0.29) is 17.2 Å². The van der Waals surface area contributed by atoms with Crippen LogP contribution in [0.1, 0.15) is 0 Å². The number of benzene rings is 1. The minimum Gasteiger partial charge on any atom is -0.508 e. The van der Waals surface area contributed by atoms with E-state index in [2.05, 4.69) is 5.32 Å². The molecule has 8 nitrogen and oxygen atoms in total. The number of urea groups is 1. The van der Waals surface area contributed by atoms with Crippen molar-refractivity contribution in [3.8, 4) is 11.5 Å². The molecule has 1 fully saturated rings. The smallest absolute Gasteiger partial charge is 0.328 e. The SMILES string of the molecule is O=C1NC(=O)C(Nc2ccc(O)cc2O)C(=O)N1. The molecule has 1 aromatic carbocycles. The summed E-state index contributed by atoms with van der Waals surface area (Å²) in [6.45, 7) is 0. The van der Waals surface area contributed by atoms with Crippen molar-refractivity contribution in [2.24, 2.45) is 0 Å². The Morgan fingerprint density at radius 1 is 1.06 bits per heavy atom. The van der Waals surface area contributed by atoms with Crippen molar-refractivity contribution in [1.82, 2.24) is 10.6 Å². The van der Waals surface area contributed by atoms with Gasteiger partial charge < -0.3 is 15.5 Å². The Morgan fingerprint density at radius 3 is 2.22 bits per heavy atom. The number of amides is 4. The second kappa shape index (κ2) is 4.24. The van der Waals surface area contributed by atoms with Crippen molar-refractivity contribution in [3.63, 3.8) is 0 Å². The lowest BCUT2D eigenvalue weighted by atomic mass is 10.2. The van der Waals surface area contributed by atoms with Crippen molar-refractivity contribution >= 4 is 23.5 Å². The Morgan fingerprint density at radius 2 is 1.67 bits per heavy atom. The predicted molar refractivity (Wildman–Crippen MR) is 58.9 cm³/mol. The van der Waals surface area contributed by atoms with Gasteiger partial charge in [-0.3, -0.25) is 20.2 Å². The quantitative estimate of drug-likeness (QED) is 0.267. The van der Waals surface area contributed by atoms with E-state index in [0.717, 1.165) is 6.07 Å². The second-order valence-electron chi connectivity index (χ2n) is 3.59. The van der Waals surface area contributed by atoms with Gasteiger partial charge in [-0.2, -0.15) is 0 Å². The number of hydrogen-bond acceptors (Lipinski definition) is 6. The number of imide groups is 2. The second-order valence-corrected chi connectivity index (χ2v) is 3.59. The van der Waals surface area contributed by atoms with Gasteiger partial charge in [0.25, 0.3) is 11.8 Å². The Labute approximate surface area is 101 Å². The van der Waals surface area contributed by atoms with Crippen LogP contribution >= 0.6 is 0 Å². The molecule has 0 radical (unpaired) electrons. The van der Waals surface area contributed by atoms with Gasteiger partial charge in [0.1, 0.15) is 11.5 Å². The largest absolute Gasteiger partial charge is 0.508 e. The molecule has 0 unspecified atom stereocenters. The maximum Gasteiger partial charge on any atom is 0.328 e. The fourth-order valence-corrected chi connectivity index (χ4v) is 1.45. The number of nitrogens with one attached hydrogen (secondary N) is 3. The normalized spacial score (nSPS) is 16.1. The van der Waals surface area contributed by atoms with Gasteiger partial charge in [0.15, 0.2) is 6.04 Å². The third-order valence-electron chi connectivity index (χ3n) is 2.28. The zero-order chi connectivity index (χ0) is 13.3. The van der Waals surface area contributed by atoms with Crippen molar-refractivity contribution in [2.45, 2.75) is 6.04 Å². The van der Waals surface area contributed by atoms with Crippen LogP contribution in [0, 0.1) is 0 Å². The molecule has 5 N–H and O–H groups in total. The fraction of sp³-hybridized carbons (Fsp3) is 0.100. The number of phenolic OH excluding ortho intramolecular Hbond substituents is 2. The molecule has 8 heteroatoms. The van der Waals surface area contributed by atoms with Crippen molar-refractivity contribution in [3.05, 3.63) is 18.2 Å². The first-order chi connectivity index (χ1) is 8.47. The molecule has 94 valence electrons. The third-order valence-corrected chi connectivity index (χ3v) is 2.28. The molecule has 1 aliphatic rings. The topological polar surface area (TPSA) is 128 Å². The van der Waals surface area contributed by atoms with E-state index in [4.69, 9.17) is 5.11 Å². The summed E-state index contributed by atoms with van der Waals surface area (Å²) in [5, 5.41) is 24.9. The molecule has 0 aromatic heterocycles. The van der Waals surface area contributed by atoms with Gasteiger partial charge >= 0.3 is 6.03 Å². The first-order valence-corrected chi connectivity index (χ1v) is 4.91. The Hall–Kier alpha value is -2.77. The van der Waals surface area contributed by atoms with E-state index in [1.807, 2.05) is 10.6 Å². The highest BCUT2D eigenvalue weighted by Gasteiger charge is 2.34. The first-order valence-electron chi connectivity index (χ1n) is 4.91. The molecular weight excluding hydrogens is 242 g/mol. The summed E-state index contributed by atoms with van der Waals surface area (Å²) in [5.41, 5.74) is 0.0810. The van der Waals surface area contributed by atoms with E-state index in [0.29, 0.717) is 0 Å². The summed E-state index contributed by atoms with van der Waals surface area (Å²) in [5.74, 6) is -2.13. The molecular formula is C10H9N3O5.